The third-order valence-corrected chi connectivity index (χ3v) is 2.93. The van der Waals surface area contributed by atoms with Crippen molar-refractivity contribution in [2.75, 3.05) is 32.1 Å². The van der Waals surface area contributed by atoms with Crippen LogP contribution in [-0.4, -0.2) is 42.4 Å². The SMILES string of the molecule is CCN(C)CCNC(=O)c1ccc(NN)c([N+](=O)[O-])c1. The Hall–Kier alpha value is -2.19. The average molecular weight is 281 g/mol. The van der Waals surface area contributed by atoms with Gasteiger partial charge in [-0.25, -0.2) is 0 Å². The minimum Gasteiger partial charge on any atom is -0.351 e. The van der Waals surface area contributed by atoms with E-state index in [2.05, 4.69) is 10.7 Å². The number of nitro benzene ring substituents is 1. The molecule has 0 radical (unpaired) electrons. The number of hydrogen-bond acceptors (Lipinski definition) is 6. The monoisotopic (exact) mass is 281 g/mol. The lowest BCUT2D eigenvalue weighted by atomic mass is 10.1. The number of carbonyl (C=O) groups excluding carboxylic acids is 1. The van der Waals surface area contributed by atoms with E-state index in [0.717, 1.165) is 6.54 Å². The normalized spacial score (nSPS) is 10.4. The highest BCUT2D eigenvalue weighted by molar-refractivity contribution is 5.95. The smallest absolute Gasteiger partial charge is 0.294 e. The second-order valence-electron chi connectivity index (χ2n) is 4.29. The number of nitrogens with zero attached hydrogens (tertiary/aromatic N) is 2. The van der Waals surface area contributed by atoms with Crippen LogP contribution in [0.15, 0.2) is 18.2 Å². The fourth-order valence-electron chi connectivity index (χ4n) is 1.57. The molecule has 0 unspecified atom stereocenters. The van der Waals surface area contributed by atoms with E-state index in [9.17, 15) is 14.9 Å². The van der Waals surface area contributed by atoms with Crippen molar-refractivity contribution in [1.29, 1.82) is 0 Å². The quantitative estimate of drug-likeness (QED) is 0.382. The number of nitrogens with one attached hydrogen (secondary N) is 2. The highest BCUT2D eigenvalue weighted by Gasteiger charge is 2.16. The lowest BCUT2D eigenvalue weighted by molar-refractivity contribution is -0.384. The fraction of sp³-hybridized carbons (Fsp3) is 0.417. The molecule has 0 saturated heterocycles. The van der Waals surface area contributed by atoms with Gasteiger partial charge in [0.05, 0.1) is 4.92 Å². The van der Waals surface area contributed by atoms with Crippen LogP contribution in [0.3, 0.4) is 0 Å². The summed E-state index contributed by atoms with van der Waals surface area (Å²) in [4.78, 5) is 24.2. The number of carbonyl (C=O) groups is 1. The first kappa shape index (κ1) is 15.9. The molecule has 1 aromatic carbocycles. The number of amides is 1. The van der Waals surface area contributed by atoms with Crippen LogP contribution < -0.4 is 16.6 Å². The van der Waals surface area contributed by atoms with Crippen molar-refractivity contribution in [1.82, 2.24) is 10.2 Å². The van der Waals surface area contributed by atoms with Crippen LogP contribution in [0.25, 0.3) is 0 Å². The van der Waals surface area contributed by atoms with Crippen molar-refractivity contribution < 1.29 is 9.72 Å². The van der Waals surface area contributed by atoms with E-state index >= 15 is 0 Å². The minimum atomic E-state index is -0.586. The maximum Gasteiger partial charge on any atom is 0.294 e. The van der Waals surface area contributed by atoms with Crippen molar-refractivity contribution >= 4 is 17.3 Å². The zero-order chi connectivity index (χ0) is 15.1. The molecule has 0 fully saturated rings. The lowest BCUT2D eigenvalue weighted by Gasteiger charge is -2.14. The highest BCUT2D eigenvalue weighted by Crippen LogP contribution is 2.24. The Morgan fingerprint density at radius 3 is 2.75 bits per heavy atom. The van der Waals surface area contributed by atoms with Crippen molar-refractivity contribution in [3.05, 3.63) is 33.9 Å². The Morgan fingerprint density at radius 1 is 1.50 bits per heavy atom. The van der Waals surface area contributed by atoms with Gasteiger partial charge in [-0.3, -0.25) is 20.8 Å². The van der Waals surface area contributed by atoms with E-state index in [0.29, 0.717) is 13.1 Å². The molecule has 0 atom stereocenters. The summed E-state index contributed by atoms with van der Waals surface area (Å²) >= 11 is 0. The third-order valence-electron chi connectivity index (χ3n) is 2.93. The number of likely N-dealkylation sites (N-methyl/N-ethyl adjacent to an activating group) is 1. The van der Waals surface area contributed by atoms with Crippen molar-refractivity contribution in [3.8, 4) is 0 Å². The molecule has 8 heteroatoms. The minimum absolute atomic E-state index is 0.164. The molecular formula is C12H19N5O3. The lowest BCUT2D eigenvalue weighted by Crippen LogP contribution is -2.32. The fourth-order valence-corrected chi connectivity index (χ4v) is 1.57. The largest absolute Gasteiger partial charge is 0.351 e. The van der Waals surface area contributed by atoms with Crippen LogP contribution >= 0.6 is 0 Å². The molecule has 8 nitrogen and oxygen atoms in total. The molecular weight excluding hydrogens is 262 g/mol. The molecule has 4 N–H and O–H groups in total. The molecule has 1 aromatic rings. The van der Waals surface area contributed by atoms with Gasteiger partial charge in [0, 0.05) is 24.7 Å². The molecule has 0 saturated carbocycles. The number of hydrogen-bond donors (Lipinski definition) is 3. The predicted molar refractivity (Wildman–Crippen MR) is 76.4 cm³/mol. The van der Waals surface area contributed by atoms with E-state index in [-0.39, 0.29) is 22.8 Å². The first-order valence-electron chi connectivity index (χ1n) is 6.21. The number of hydrazine groups is 1. The Balaban J connectivity index is 2.74. The Kier molecular flexibility index (Phi) is 5.88. The standard InChI is InChI=1S/C12H19N5O3/c1-3-16(2)7-6-14-12(18)9-4-5-10(15-13)11(8-9)17(19)20/h4-5,8,15H,3,6-7,13H2,1-2H3,(H,14,18). The summed E-state index contributed by atoms with van der Waals surface area (Å²) in [6, 6.07) is 4.10. The number of nitrogen functional groups attached to an aromatic ring is 1. The van der Waals surface area contributed by atoms with Gasteiger partial charge in [-0.05, 0) is 25.7 Å². The number of benzene rings is 1. The van der Waals surface area contributed by atoms with E-state index in [1.165, 1.54) is 18.2 Å². The second kappa shape index (κ2) is 7.41. The molecule has 0 aliphatic heterocycles. The molecule has 20 heavy (non-hydrogen) atoms. The topological polar surface area (TPSA) is 114 Å². The van der Waals surface area contributed by atoms with Gasteiger partial charge in [0.15, 0.2) is 0 Å². The van der Waals surface area contributed by atoms with Gasteiger partial charge in [0.1, 0.15) is 5.69 Å². The number of nitrogens with two attached hydrogens (primary N) is 1. The molecule has 0 heterocycles. The summed E-state index contributed by atoms with van der Waals surface area (Å²) < 4.78 is 0. The maximum absolute atomic E-state index is 11.9. The number of anilines is 1. The van der Waals surface area contributed by atoms with Crippen molar-refractivity contribution in [3.63, 3.8) is 0 Å². The third kappa shape index (κ3) is 4.18. The van der Waals surface area contributed by atoms with E-state index in [1.807, 2.05) is 18.9 Å². The van der Waals surface area contributed by atoms with Crippen molar-refractivity contribution in [2.24, 2.45) is 5.84 Å². The summed E-state index contributed by atoms with van der Waals surface area (Å²) in [5.41, 5.74) is 2.39. The summed E-state index contributed by atoms with van der Waals surface area (Å²) in [6.07, 6.45) is 0. The molecule has 0 aliphatic carbocycles. The van der Waals surface area contributed by atoms with Crippen LogP contribution in [0.1, 0.15) is 17.3 Å². The van der Waals surface area contributed by atoms with Crippen LogP contribution in [0.5, 0.6) is 0 Å². The van der Waals surface area contributed by atoms with Gasteiger partial charge >= 0.3 is 0 Å². The number of rotatable bonds is 7. The maximum atomic E-state index is 11.9. The summed E-state index contributed by atoms with van der Waals surface area (Å²) in [5, 5.41) is 13.6. The first-order valence-corrected chi connectivity index (χ1v) is 6.21. The molecule has 0 spiro atoms. The van der Waals surface area contributed by atoms with Crippen molar-refractivity contribution in [2.45, 2.75) is 6.92 Å². The zero-order valence-corrected chi connectivity index (χ0v) is 11.5. The number of nitro groups is 1. The van der Waals surface area contributed by atoms with Crippen LogP contribution in [0.2, 0.25) is 0 Å². The summed E-state index contributed by atoms with van der Waals surface area (Å²) in [5.74, 6) is 4.84. The van der Waals surface area contributed by atoms with Gasteiger partial charge in [-0.15, -0.1) is 0 Å². The summed E-state index contributed by atoms with van der Waals surface area (Å²) in [7, 11) is 1.94. The van der Waals surface area contributed by atoms with E-state index in [1.54, 1.807) is 0 Å². The second-order valence-corrected chi connectivity index (χ2v) is 4.29. The van der Waals surface area contributed by atoms with E-state index < -0.39 is 4.92 Å². The van der Waals surface area contributed by atoms with Crippen LogP contribution in [0, 0.1) is 10.1 Å². The van der Waals surface area contributed by atoms with Gasteiger partial charge < -0.3 is 15.6 Å². The van der Waals surface area contributed by atoms with Gasteiger partial charge in [0.25, 0.3) is 11.6 Å². The first-order chi connectivity index (χ1) is 9.49. The molecule has 1 rings (SSSR count). The molecule has 0 aromatic heterocycles. The van der Waals surface area contributed by atoms with Crippen LogP contribution in [0.4, 0.5) is 11.4 Å². The molecule has 0 aliphatic rings. The molecule has 1 amide bonds. The van der Waals surface area contributed by atoms with E-state index in [4.69, 9.17) is 5.84 Å². The molecule has 0 bridgehead atoms. The Bertz CT molecular complexity index is 492. The average Bonchev–Trinajstić information content (AvgIpc) is 2.45. The van der Waals surface area contributed by atoms with Gasteiger partial charge in [-0.2, -0.15) is 0 Å². The molecule has 110 valence electrons. The Morgan fingerprint density at radius 2 is 2.20 bits per heavy atom. The summed E-state index contributed by atoms with van der Waals surface area (Å²) in [6.45, 7) is 4.10. The van der Waals surface area contributed by atoms with Gasteiger partial charge in [0.2, 0.25) is 0 Å². The van der Waals surface area contributed by atoms with Crippen LogP contribution in [-0.2, 0) is 0 Å². The zero-order valence-electron chi connectivity index (χ0n) is 11.5. The Labute approximate surface area is 117 Å². The highest BCUT2D eigenvalue weighted by atomic mass is 16.6. The predicted octanol–water partition coefficient (Wildman–Crippen LogP) is 0.562. The van der Waals surface area contributed by atoms with Gasteiger partial charge in [-0.1, -0.05) is 6.92 Å².